The molecule has 1 saturated carbocycles. The van der Waals surface area contributed by atoms with Crippen LogP contribution in [0.3, 0.4) is 0 Å². The second-order valence-corrected chi connectivity index (χ2v) is 4.98. The predicted octanol–water partition coefficient (Wildman–Crippen LogP) is 3.19. The van der Waals surface area contributed by atoms with Gasteiger partial charge in [0, 0.05) is 6.04 Å². The van der Waals surface area contributed by atoms with Gasteiger partial charge in [-0.15, -0.1) is 0 Å². The van der Waals surface area contributed by atoms with Crippen LogP contribution in [-0.2, 0) is 0 Å². The van der Waals surface area contributed by atoms with E-state index in [1.165, 1.54) is 32.1 Å². The third kappa shape index (κ3) is 2.98. The Balaban J connectivity index is 2.36. The molecule has 1 aliphatic rings. The van der Waals surface area contributed by atoms with E-state index in [-0.39, 0.29) is 0 Å². The van der Waals surface area contributed by atoms with Crippen molar-refractivity contribution in [3.8, 4) is 0 Å². The fourth-order valence-corrected chi connectivity index (χ4v) is 2.55. The highest BCUT2D eigenvalue weighted by atomic mass is 14.6. The molecule has 4 atom stereocenters. The number of nitrogens with two attached hydrogens (primary N) is 1. The van der Waals surface area contributed by atoms with Crippen LogP contribution in [-0.4, -0.2) is 6.04 Å². The molecule has 0 spiro atoms. The number of hydrogen-bond donors (Lipinski definition) is 1. The molecule has 0 saturated heterocycles. The molecule has 0 aromatic heterocycles. The highest BCUT2D eigenvalue weighted by molar-refractivity contribution is 4.81. The lowest BCUT2D eigenvalue weighted by molar-refractivity contribution is 0.181. The average molecular weight is 183 g/mol. The van der Waals surface area contributed by atoms with Gasteiger partial charge < -0.3 is 5.73 Å². The van der Waals surface area contributed by atoms with E-state index >= 15 is 0 Å². The van der Waals surface area contributed by atoms with Gasteiger partial charge in [0.25, 0.3) is 0 Å². The van der Waals surface area contributed by atoms with Crippen LogP contribution in [0.1, 0.15) is 52.9 Å². The third-order valence-corrected chi connectivity index (χ3v) is 3.87. The Hall–Kier alpha value is -0.0400. The Morgan fingerprint density at radius 1 is 1.23 bits per heavy atom. The first-order valence-electron chi connectivity index (χ1n) is 5.90. The summed E-state index contributed by atoms with van der Waals surface area (Å²) in [4.78, 5) is 0. The maximum atomic E-state index is 6.17. The van der Waals surface area contributed by atoms with E-state index in [2.05, 4.69) is 20.8 Å². The molecule has 0 aromatic carbocycles. The van der Waals surface area contributed by atoms with Gasteiger partial charge in [-0.2, -0.15) is 0 Å². The average Bonchev–Trinajstić information content (AvgIpc) is 2.10. The van der Waals surface area contributed by atoms with Crippen LogP contribution in [0.4, 0.5) is 0 Å². The molecular formula is C12H25N. The van der Waals surface area contributed by atoms with E-state index in [1.54, 1.807) is 0 Å². The first-order chi connectivity index (χ1) is 6.15. The molecule has 1 aliphatic carbocycles. The molecule has 4 unspecified atom stereocenters. The standard InChI is InChI=1S/C12H25N/c1-4-5-12(13)11-7-6-9(2)10(3)8-11/h9-12H,4-8,13H2,1-3H3. The minimum Gasteiger partial charge on any atom is -0.327 e. The molecule has 13 heavy (non-hydrogen) atoms. The van der Waals surface area contributed by atoms with E-state index in [9.17, 15) is 0 Å². The number of rotatable bonds is 3. The lowest BCUT2D eigenvalue weighted by Crippen LogP contribution is -2.35. The van der Waals surface area contributed by atoms with E-state index in [1.807, 2.05) is 0 Å². The summed E-state index contributed by atoms with van der Waals surface area (Å²) in [5.41, 5.74) is 6.17. The summed E-state index contributed by atoms with van der Waals surface area (Å²) in [7, 11) is 0. The summed E-state index contributed by atoms with van der Waals surface area (Å²) in [6, 6.07) is 0.472. The Bertz CT molecular complexity index is 144. The SMILES string of the molecule is CCCC(N)C1CCC(C)C(C)C1. The first-order valence-corrected chi connectivity index (χ1v) is 5.90. The van der Waals surface area contributed by atoms with Gasteiger partial charge in [-0.3, -0.25) is 0 Å². The van der Waals surface area contributed by atoms with Gasteiger partial charge in [0.05, 0.1) is 0 Å². The van der Waals surface area contributed by atoms with Crippen molar-refractivity contribution in [1.82, 2.24) is 0 Å². The minimum absolute atomic E-state index is 0.472. The minimum atomic E-state index is 0.472. The van der Waals surface area contributed by atoms with Crippen LogP contribution in [0.5, 0.6) is 0 Å². The molecule has 0 amide bonds. The van der Waals surface area contributed by atoms with Gasteiger partial charge in [0.15, 0.2) is 0 Å². The van der Waals surface area contributed by atoms with Crippen molar-refractivity contribution in [2.75, 3.05) is 0 Å². The fourth-order valence-electron chi connectivity index (χ4n) is 2.55. The fraction of sp³-hybridized carbons (Fsp3) is 1.00. The van der Waals surface area contributed by atoms with Gasteiger partial charge in [-0.25, -0.2) is 0 Å². The van der Waals surface area contributed by atoms with Gasteiger partial charge in [-0.1, -0.05) is 33.6 Å². The second kappa shape index (κ2) is 4.99. The van der Waals surface area contributed by atoms with Gasteiger partial charge in [0.2, 0.25) is 0 Å². The molecule has 1 heteroatoms. The Morgan fingerprint density at radius 2 is 1.92 bits per heavy atom. The van der Waals surface area contributed by atoms with Crippen LogP contribution in [0.25, 0.3) is 0 Å². The van der Waals surface area contributed by atoms with Crippen molar-refractivity contribution in [1.29, 1.82) is 0 Å². The molecule has 1 fully saturated rings. The van der Waals surface area contributed by atoms with E-state index in [0.29, 0.717) is 6.04 Å². The zero-order valence-electron chi connectivity index (χ0n) is 9.42. The van der Waals surface area contributed by atoms with Crippen molar-refractivity contribution in [2.45, 2.75) is 58.9 Å². The van der Waals surface area contributed by atoms with E-state index in [4.69, 9.17) is 5.73 Å². The van der Waals surface area contributed by atoms with Crippen molar-refractivity contribution >= 4 is 0 Å². The van der Waals surface area contributed by atoms with Crippen molar-refractivity contribution in [3.05, 3.63) is 0 Å². The third-order valence-electron chi connectivity index (χ3n) is 3.87. The topological polar surface area (TPSA) is 26.0 Å². The molecule has 0 bridgehead atoms. The summed E-state index contributed by atoms with van der Waals surface area (Å²) in [5.74, 6) is 2.62. The predicted molar refractivity (Wildman–Crippen MR) is 58.6 cm³/mol. The highest BCUT2D eigenvalue weighted by Gasteiger charge is 2.27. The summed E-state index contributed by atoms with van der Waals surface area (Å²) in [6.07, 6.45) is 6.58. The monoisotopic (exact) mass is 183 g/mol. The lowest BCUT2D eigenvalue weighted by Gasteiger charge is -2.35. The zero-order chi connectivity index (χ0) is 9.84. The largest absolute Gasteiger partial charge is 0.327 e. The Labute approximate surface area is 83.1 Å². The zero-order valence-corrected chi connectivity index (χ0v) is 9.42. The summed E-state index contributed by atoms with van der Waals surface area (Å²) in [6.45, 7) is 7.00. The van der Waals surface area contributed by atoms with E-state index < -0.39 is 0 Å². The van der Waals surface area contributed by atoms with Crippen LogP contribution in [0, 0.1) is 17.8 Å². The Morgan fingerprint density at radius 3 is 2.46 bits per heavy atom. The highest BCUT2D eigenvalue weighted by Crippen LogP contribution is 2.35. The molecule has 2 N–H and O–H groups in total. The molecule has 0 radical (unpaired) electrons. The van der Waals surface area contributed by atoms with Crippen molar-refractivity contribution in [3.63, 3.8) is 0 Å². The summed E-state index contributed by atoms with van der Waals surface area (Å²) in [5, 5.41) is 0. The van der Waals surface area contributed by atoms with Gasteiger partial charge >= 0.3 is 0 Å². The molecule has 0 aliphatic heterocycles. The van der Waals surface area contributed by atoms with Crippen LogP contribution >= 0.6 is 0 Å². The quantitative estimate of drug-likeness (QED) is 0.714. The molecular weight excluding hydrogens is 158 g/mol. The summed E-state index contributed by atoms with van der Waals surface area (Å²) >= 11 is 0. The first kappa shape index (κ1) is 11.0. The second-order valence-electron chi connectivity index (χ2n) is 4.98. The maximum absolute atomic E-state index is 6.17. The smallest absolute Gasteiger partial charge is 0.00671 e. The van der Waals surface area contributed by atoms with Crippen LogP contribution in [0.15, 0.2) is 0 Å². The van der Waals surface area contributed by atoms with Gasteiger partial charge in [0.1, 0.15) is 0 Å². The maximum Gasteiger partial charge on any atom is 0.00671 e. The molecule has 1 nitrogen and oxygen atoms in total. The molecule has 78 valence electrons. The molecule has 1 rings (SSSR count). The molecule has 0 aromatic rings. The van der Waals surface area contributed by atoms with Gasteiger partial charge in [-0.05, 0) is 37.0 Å². The van der Waals surface area contributed by atoms with Crippen molar-refractivity contribution in [2.24, 2.45) is 23.5 Å². The van der Waals surface area contributed by atoms with Crippen LogP contribution in [0.2, 0.25) is 0 Å². The van der Waals surface area contributed by atoms with Crippen LogP contribution < -0.4 is 5.73 Å². The number of hydrogen-bond acceptors (Lipinski definition) is 1. The Kier molecular flexibility index (Phi) is 4.24. The van der Waals surface area contributed by atoms with Crippen molar-refractivity contribution < 1.29 is 0 Å². The normalized spacial score (nSPS) is 37.4. The van der Waals surface area contributed by atoms with E-state index in [0.717, 1.165) is 17.8 Å². The summed E-state index contributed by atoms with van der Waals surface area (Å²) < 4.78 is 0. The molecule has 0 heterocycles. The lowest BCUT2D eigenvalue weighted by atomic mass is 9.73.